The van der Waals surface area contributed by atoms with E-state index < -0.39 is 0 Å². The molecule has 0 atom stereocenters. The molecular weight excluding hydrogens is 262 g/mol. The van der Waals surface area contributed by atoms with Gasteiger partial charge in [-0.25, -0.2) is 5.84 Å². The van der Waals surface area contributed by atoms with Gasteiger partial charge in [0.1, 0.15) is 16.4 Å². The van der Waals surface area contributed by atoms with E-state index in [4.69, 9.17) is 10.6 Å². The molecule has 0 aliphatic heterocycles. The number of aromatic nitrogens is 2. The van der Waals surface area contributed by atoms with Crippen molar-refractivity contribution in [3.63, 3.8) is 0 Å². The molecule has 0 amide bonds. The first kappa shape index (κ1) is 13.7. The molecule has 102 valence electrons. The molecule has 2 aromatic rings. The summed E-state index contributed by atoms with van der Waals surface area (Å²) in [4.78, 5) is 2.13. The second kappa shape index (κ2) is 6.46. The maximum Gasteiger partial charge on any atom is 0.148 e. The molecule has 2 rings (SSSR count). The summed E-state index contributed by atoms with van der Waals surface area (Å²) in [6, 6.07) is 7.98. The number of anilines is 1. The number of para-hydroxylation sites is 1. The topological polar surface area (TPSA) is 76.3 Å². The molecular formula is C12H17N5OS. The monoisotopic (exact) mass is 279 g/mol. The molecule has 0 fully saturated rings. The van der Waals surface area contributed by atoms with Crippen LogP contribution in [0, 0.1) is 0 Å². The third kappa shape index (κ3) is 3.40. The van der Waals surface area contributed by atoms with Crippen molar-refractivity contribution in [1.29, 1.82) is 0 Å². The predicted molar refractivity (Wildman–Crippen MR) is 75.9 cm³/mol. The van der Waals surface area contributed by atoms with Crippen LogP contribution in [0.4, 0.5) is 5.00 Å². The van der Waals surface area contributed by atoms with E-state index in [0.717, 1.165) is 28.6 Å². The van der Waals surface area contributed by atoms with E-state index in [9.17, 15) is 0 Å². The summed E-state index contributed by atoms with van der Waals surface area (Å²) >= 11 is 1.26. The Hall–Kier alpha value is -1.70. The summed E-state index contributed by atoms with van der Waals surface area (Å²) in [5.74, 6) is 6.30. The Morgan fingerprint density at radius 2 is 2.16 bits per heavy atom. The Bertz CT molecular complexity index is 530. The maximum atomic E-state index is 5.41. The zero-order valence-corrected chi connectivity index (χ0v) is 11.8. The molecule has 0 bridgehead atoms. The summed E-state index contributed by atoms with van der Waals surface area (Å²) < 4.78 is 9.23. The lowest BCUT2D eigenvalue weighted by Crippen LogP contribution is -2.19. The van der Waals surface area contributed by atoms with E-state index in [2.05, 4.69) is 26.0 Å². The fraction of sp³-hybridized carbons (Fsp3) is 0.333. The molecule has 19 heavy (non-hydrogen) atoms. The van der Waals surface area contributed by atoms with Crippen molar-refractivity contribution in [2.75, 3.05) is 19.6 Å². The normalized spacial score (nSPS) is 10.7. The molecule has 0 aliphatic rings. The van der Waals surface area contributed by atoms with Crippen LogP contribution in [0.2, 0.25) is 0 Å². The minimum Gasteiger partial charge on any atom is -0.496 e. The average Bonchev–Trinajstić information content (AvgIpc) is 2.86. The summed E-state index contributed by atoms with van der Waals surface area (Å²) in [5.41, 5.74) is 4.60. The van der Waals surface area contributed by atoms with Crippen molar-refractivity contribution in [2.24, 2.45) is 5.84 Å². The minimum atomic E-state index is 0.675. The SMILES string of the molecule is COc1ccccc1CN(C)Cc1nnsc1NN. The van der Waals surface area contributed by atoms with Gasteiger partial charge < -0.3 is 10.2 Å². The number of hydrazine groups is 1. The molecule has 0 saturated carbocycles. The van der Waals surface area contributed by atoms with Gasteiger partial charge in [-0.05, 0) is 13.1 Å². The fourth-order valence-corrected chi connectivity index (χ4v) is 2.34. The highest BCUT2D eigenvalue weighted by atomic mass is 32.1. The smallest absolute Gasteiger partial charge is 0.148 e. The van der Waals surface area contributed by atoms with Crippen LogP contribution in [-0.2, 0) is 13.1 Å². The van der Waals surface area contributed by atoms with Crippen molar-refractivity contribution in [2.45, 2.75) is 13.1 Å². The number of nitrogen functional groups attached to an aromatic ring is 1. The second-order valence-corrected chi connectivity index (χ2v) is 4.93. The van der Waals surface area contributed by atoms with Crippen molar-refractivity contribution in [1.82, 2.24) is 14.5 Å². The van der Waals surface area contributed by atoms with Gasteiger partial charge in [0.2, 0.25) is 0 Å². The Balaban J connectivity index is 2.03. The molecule has 7 heteroatoms. The number of rotatable bonds is 6. The third-order valence-corrected chi connectivity index (χ3v) is 3.44. The van der Waals surface area contributed by atoms with Crippen LogP contribution in [0.15, 0.2) is 24.3 Å². The van der Waals surface area contributed by atoms with Gasteiger partial charge in [-0.3, -0.25) is 4.90 Å². The minimum absolute atomic E-state index is 0.675. The Morgan fingerprint density at radius 3 is 2.89 bits per heavy atom. The van der Waals surface area contributed by atoms with E-state index in [1.807, 2.05) is 25.2 Å². The quantitative estimate of drug-likeness (QED) is 0.616. The molecule has 1 aromatic carbocycles. The number of hydrogen-bond donors (Lipinski definition) is 2. The van der Waals surface area contributed by atoms with Crippen molar-refractivity contribution in [3.8, 4) is 5.75 Å². The van der Waals surface area contributed by atoms with Gasteiger partial charge in [-0.15, -0.1) is 5.10 Å². The summed E-state index contributed by atoms with van der Waals surface area (Å²) in [7, 11) is 3.70. The average molecular weight is 279 g/mol. The number of ether oxygens (including phenoxy) is 1. The summed E-state index contributed by atoms with van der Waals surface area (Å²) in [6.07, 6.45) is 0. The molecule has 0 unspecified atom stereocenters. The molecule has 1 aromatic heterocycles. The highest BCUT2D eigenvalue weighted by Crippen LogP contribution is 2.21. The Morgan fingerprint density at radius 1 is 1.37 bits per heavy atom. The van der Waals surface area contributed by atoms with Gasteiger partial charge in [0.15, 0.2) is 0 Å². The van der Waals surface area contributed by atoms with Crippen LogP contribution in [0.25, 0.3) is 0 Å². The summed E-state index contributed by atoms with van der Waals surface area (Å²) in [5, 5.41) is 4.86. The van der Waals surface area contributed by atoms with Crippen molar-refractivity contribution in [3.05, 3.63) is 35.5 Å². The zero-order chi connectivity index (χ0) is 13.7. The number of nitrogens with one attached hydrogen (secondary N) is 1. The first-order valence-corrected chi connectivity index (χ1v) is 6.60. The molecule has 6 nitrogen and oxygen atoms in total. The van der Waals surface area contributed by atoms with Crippen molar-refractivity contribution >= 4 is 16.5 Å². The van der Waals surface area contributed by atoms with Gasteiger partial charge in [0, 0.05) is 30.2 Å². The van der Waals surface area contributed by atoms with Crippen LogP contribution in [0.1, 0.15) is 11.3 Å². The lowest BCUT2D eigenvalue weighted by Gasteiger charge is -2.17. The molecule has 0 spiro atoms. The van der Waals surface area contributed by atoms with Crippen molar-refractivity contribution < 1.29 is 4.74 Å². The maximum absolute atomic E-state index is 5.41. The molecule has 0 saturated heterocycles. The molecule has 0 radical (unpaired) electrons. The van der Waals surface area contributed by atoms with E-state index in [1.54, 1.807) is 7.11 Å². The van der Waals surface area contributed by atoms with Crippen LogP contribution in [0.3, 0.4) is 0 Å². The first-order chi connectivity index (χ1) is 9.24. The number of nitrogens with zero attached hydrogens (tertiary/aromatic N) is 3. The second-order valence-electron chi connectivity index (χ2n) is 4.18. The van der Waals surface area contributed by atoms with Gasteiger partial charge in [-0.1, -0.05) is 22.7 Å². The van der Waals surface area contributed by atoms with Gasteiger partial charge >= 0.3 is 0 Å². The highest BCUT2D eigenvalue weighted by Gasteiger charge is 2.11. The van der Waals surface area contributed by atoms with E-state index in [1.165, 1.54) is 11.5 Å². The number of methoxy groups -OCH3 is 1. The molecule has 0 aliphatic carbocycles. The molecule has 3 N–H and O–H groups in total. The Labute approximate surface area is 116 Å². The lowest BCUT2D eigenvalue weighted by molar-refractivity contribution is 0.307. The number of hydrogen-bond acceptors (Lipinski definition) is 7. The predicted octanol–water partition coefficient (Wildman–Crippen LogP) is 1.46. The third-order valence-electron chi connectivity index (χ3n) is 2.74. The largest absolute Gasteiger partial charge is 0.496 e. The highest BCUT2D eigenvalue weighted by molar-refractivity contribution is 7.10. The van der Waals surface area contributed by atoms with E-state index in [0.29, 0.717) is 6.54 Å². The van der Waals surface area contributed by atoms with E-state index >= 15 is 0 Å². The zero-order valence-electron chi connectivity index (χ0n) is 11.0. The van der Waals surface area contributed by atoms with Gasteiger partial charge in [0.05, 0.1) is 7.11 Å². The lowest BCUT2D eigenvalue weighted by atomic mass is 10.2. The van der Waals surface area contributed by atoms with E-state index in [-0.39, 0.29) is 0 Å². The van der Waals surface area contributed by atoms with Crippen LogP contribution in [0.5, 0.6) is 5.75 Å². The fourth-order valence-electron chi connectivity index (χ4n) is 1.86. The van der Waals surface area contributed by atoms with Crippen LogP contribution < -0.4 is 16.0 Å². The first-order valence-electron chi connectivity index (χ1n) is 5.83. The number of benzene rings is 1. The van der Waals surface area contributed by atoms with Gasteiger partial charge in [0.25, 0.3) is 0 Å². The van der Waals surface area contributed by atoms with Gasteiger partial charge in [-0.2, -0.15) is 0 Å². The Kier molecular flexibility index (Phi) is 4.67. The standard InChI is InChI=1S/C12H17N5OS/c1-17(8-10-12(14-13)19-16-15-10)7-9-5-3-4-6-11(9)18-2/h3-6,14H,7-8,13H2,1-2H3. The number of nitrogens with two attached hydrogens (primary N) is 1. The molecule has 1 heterocycles. The summed E-state index contributed by atoms with van der Waals surface area (Å²) in [6.45, 7) is 1.44. The van der Waals surface area contributed by atoms with Crippen LogP contribution in [-0.4, -0.2) is 28.6 Å². The van der Waals surface area contributed by atoms with Crippen LogP contribution >= 0.6 is 11.5 Å².